The van der Waals surface area contributed by atoms with Gasteiger partial charge in [-0.05, 0) is 24.4 Å². The van der Waals surface area contributed by atoms with Crippen LogP contribution in [0.15, 0.2) is 39.9 Å². The fourth-order valence-corrected chi connectivity index (χ4v) is 4.33. The summed E-state index contributed by atoms with van der Waals surface area (Å²) in [5, 5.41) is 15.0. The molecule has 0 spiro atoms. The number of nitro benzene ring substituents is 1. The summed E-state index contributed by atoms with van der Waals surface area (Å²) in [5.41, 5.74) is 0.461. The Labute approximate surface area is 142 Å². The van der Waals surface area contributed by atoms with Crippen LogP contribution in [-0.4, -0.2) is 37.1 Å². The van der Waals surface area contributed by atoms with Crippen LogP contribution in [0.4, 0.5) is 11.4 Å². The van der Waals surface area contributed by atoms with Gasteiger partial charge in [-0.15, -0.1) is 11.3 Å². The molecule has 24 heavy (non-hydrogen) atoms. The van der Waals surface area contributed by atoms with Gasteiger partial charge in [0.1, 0.15) is 4.21 Å². The van der Waals surface area contributed by atoms with Gasteiger partial charge < -0.3 is 5.32 Å². The van der Waals surface area contributed by atoms with Crippen molar-refractivity contribution in [1.82, 2.24) is 4.31 Å². The van der Waals surface area contributed by atoms with Crippen LogP contribution in [0, 0.1) is 17.0 Å². The van der Waals surface area contributed by atoms with Crippen molar-refractivity contribution in [3.05, 3.63) is 51.4 Å². The van der Waals surface area contributed by atoms with Gasteiger partial charge in [-0.3, -0.25) is 14.9 Å². The zero-order valence-electron chi connectivity index (χ0n) is 12.9. The first-order valence-corrected chi connectivity index (χ1v) is 9.09. The van der Waals surface area contributed by atoms with Gasteiger partial charge in [0, 0.05) is 13.1 Å². The smallest absolute Gasteiger partial charge is 0.274 e. The number of hydrogen-bond donors (Lipinski definition) is 1. The van der Waals surface area contributed by atoms with Crippen LogP contribution in [0.25, 0.3) is 0 Å². The van der Waals surface area contributed by atoms with E-state index in [-0.39, 0.29) is 15.6 Å². The lowest BCUT2D eigenvalue weighted by molar-refractivity contribution is -0.385. The summed E-state index contributed by atoms with van der Waals surface area (Å²) in [6.07, 6.45) is 0. The Hall–Kier alpha value is -2.30. The second kappa shape index (κ2) is 7.07. The van der Waals surface area contributed by atoms with Crippen molar-refractivity contribution in [2.75, 3.05) is 18.9 Å². The van der Waals surface area contributed by atoms with Crippen molar-refractivity contribution in [3.63, 3.8) is 0 Å². The van der Waals surface area contributed by atoms with Gasteiger partial charge in [0.05, 0.1) is 22.7 Å². The third kappa shape index (κ3) is 3.78. The number of hydrogen-bond acceptors (Lipinski definition) is 6. The number of rotatable bonds is 6. The number of amides is 1. The highest BCUT2D eigenvalue weighted by Gasteiger charge is 2.24. The highest BCUT2D eigenvalue weighted by atomic mass is 32.2. The predicted molar refractivity (Wildman–Crippen MR) is 90.6 cm³/mol. The molecule has 1 aromatic heterocycles. The Morgan fingerprint density at radius 2 is 2.04 bits per heavy atom. The summed E-state index contributed by atoms with van der Waals surface area (Å²) in [6, 6.07) is 7.37. The van der Waals surface area contributed by atoms with E-state index in [0.717, 1.165) is 15.6 Å². The van der Waals surface area contributed by atoms with Crippen molar-refractivity contribution >= 4 is 38.6 Å². The molecule has 8 nitrogen and oxygen atoms in total. The Morgan fingerprint density at radius 3 is 2.62 bits per heavy atom. The van der Waals surface area contributed by atoms with E-state index in [1.54, 1.807) is 11.4 Å². The maximum atomic E-state index is 12.3. The number of nitrogens with zero attached hydrogens (tertiary/aromatic N) is 2. The summed E-state index contributed by atoms with van der Waals surface area (Å²) < 4.78 is 25.6. The quantitative estimate of drug-likeness (QED) is 0.620. The molecule has 0 aliphatic rings. The number of carbonyl (C=O) groups excluding carboxylic acids is 1. The molecule has 1 aromatic carbocycles. The summed E-state index contributed by atoms with van der Waals surface area (Å²) >= 11 is 1.06. The predicted octanol–water partition coefficient (Wildman–Crippen LogP) is 2.22. The summed E-state index contributed by atoms with van der Waals surface area (Å²) in [6.45, 7) is 1.11. The molecule has 0 bridgehead atoms. The molecule has 2 aromatic rings. The molecule has 1 amide bonds. The Bertz CT molecular complexity index is 863. The van der Waals surface area contributed by atoms with Crippen LogP contribution in [0.3, 0.4) is 0 Å². The van der Waals surface area contributed by atoms with Gasteiger partial charge in [0.15, 0.2) is 0 Å². The van der Waals surface area contributed by atoms with Crippen LogP contribution in [0.5, 0.6) is 0 Å². The number of thiophene rings is 1. The standard InChI is InChI=1S/C14H15N3O5S2/c1-10-11(5-3-6-12(10)17(19)20)15-13(18)9-16(2)24(21,22)14-7-4-8-23-14/h3-8H,9H2,1-2H3,(H,15,18). The number of sulfonamides is 1. The molecule has 1 heterocycles. The molecular formula is C14H15N3O5S2. The van der Waals surface area contributed by atoms with Crippen LogP contribution in [0.1, 0.15) is 5.56 Å². The zero-order chi connectivity index (χ0) is 17.9. The third-order valence-corrected chi connectivity index (χ3v) is 6.48. The van der Waals surface area contributed by atoms with Gasteiger partial charge in [-0.1, -0.05) is 12.1 Å². The first-order valence-electron chi connectivity index (χ1n) is 6.77. The van der Waals surface area contributed by atoms with Gasteiger partial charge >= 0.3 is 0 Å². The maximum absolute atomic E-state index is 12.3. The lowest BCUT2D eigenvalue weighted by atomic mass is 10.1. The van der Waals surface area contributed by atoms with E-state index in [4.69, 9.17) is 0 Å². The molecule has 0 aliphatic carbocycles. The summed E-state index contributed by atoms with van der Waals surface area (Å²) in [7, 11) is -2.43. The number of benzene rings is 1. The van der Waals surface area contributed by atoms with Crippen molar-refractivity contribution in [2.45, 2.75) is 11.1 Å². The highest BCUT2D eigenvalue weighted by Crippen LogP contribution is 2.25. The second-order valence-corrected chi connectivity index (χ2v) is 8.17. The topological polar surface area (TPSA) is 110 Å². The minimum Gasteiger partial charge on any atom is -0.324 e. The van der Waals surface area contributed by atoms with E-state index < -0.39 is 27.4 Å². The number of carbonyl (C=O) groups is 1. The molecule has 0 saturated heterocycles. The molecular weight excluding hydrogens is 354 g/mol. The zero-order valence-corrected chi connectivity index (χ0v) is 14.6. The largest absolute Gasteiger partial charge is 0.324 e. The van der Waals surface area contributed by atoms with Crippen molar-refractivity contribution in [2.24, 2.45) is 0 Å². The van der Waals surface area contributed by atoms with Crippen molar-refractivity contribution in [3.8, 4) is 0 Å². The van der Waals surface area contributed by atoms with E-state index in [0.29, 0.717) is 5.56 Å². The number of nitrogens with one attached hydrogen (secondary N) is 1. The molecule has 0 saturated carbocycles. The Morgan fingerprint density at radius 1 is 1.33 bits per heavy atom. The van der Waals surface area contributed by atoms with E-state index in [9.17, 15) is 23.3 Å². The van der Waals surface area contributed by atoms with Crippen LogP contribution >= 0.6 is 11.3 Å². The third-order valence-electron chi connectivity index (χ3n) is 3.30. The first kappa shape index (κ1) is 18.0. The fourth-order valence-electron chi connectivity index (χ4n) is 2.00. The van der Waals surface area contributed by atoms with Gasteiger partial charge in [-0.2, -0.15) is 4.31 Å². The minimum atomic E-state index is -3.73. The molecule has 0 aliphatic heterocycles. The van der Waals surface area contributed by atoms with E-state index >= 15 is 0 Å². The van der Waals surface area contributed by atoms with E-state index in [1.165, 1.54) is 38.2 Å². The minimum absolute atomic E-state index is 0.118. The molecule has 0 radical (unpaired) electrons. The van der Waals surface area contributed by atoms with E-state index in [1.807, 2.05) is 0 Å². The second-order valence-electron chi connectivity index (χ2n) is 4.95. The SMILES string of the molecule is Cc1c(NC(=O)CN(C)S(=O)(=O)c2cccs2)cccc1[N+](=O)[O-]. The normalized spacial score (nSPS) is 11.5. The van der Waals surface area contributed by atoms with E-state index in [2.05, 4.69) is 5.32 Å². The molecule has 10 heteroatoms. The number of nitro groups is 1. The maximum Gasteiger partial charge on any atom is 0.274 e. The summed E-state index contributed by atoms with van der Waals surface area (Å²) in [4.78, 5) is 22.5. The monoisotopic (exact) mass is 369 g/mol. The number of likely N-dealkylation sites (N-methyl/N-ethyl adjacent to an activating group) is 1. The molecule has 1 N–H and O–H groups in total. The lowest BCUT2D eigenvalue weighted by Crippen LogP contribution is -2.34. The molecule has 2 rings (SSSR count). The average molecular weight is 369 g/mol. The van der Waals surface area contributed by atoms with Gasteiger partial charge in [0.25, 0.3) is 15.7 Å². The van der Waals surface area contributed by atoms with Gasteiger partial charge in [0.2, 0.25) is 5.91 Å². The van der Waals surface area contributed by atoms with Crippen LogP contribution in [-0.2, 0) is 14.8 Å². The summed E-state index contributed by atoms with van der Waals surface area (Å²) in [5.74, 6) is -0.582. The molecule has 128 valence electrons. The van der Waals surface area contributed by atoms with Crippen molar-refractivity contribution in [1.29, 1.82) is 0 Å². The van der Waals surface area contributed by atoms with Crippen LogP contribution < -0.4 is 5.32 Å². The molecule has 0 unspecified atom stereocenters. The number of anilines is 1. The van der Waals surface area contributed by atoms with Gasteiger partial charge in [-0.25, -0.2) is 8.42 Å². The van der Waals surface area contributed by atoms with Crippen molar-refractivity contribution < 1.29 is 18.1 Å². The lowest BCUT2D eigenvalue weighted by Gasteiger charge is -2.16. The molecule has 0 fully saturated rings. The fraction of sp³-hybridized carbons (Fsp3) is 0.214. The highest BCUT2D eigenvalue weighted by molar-refractivity contribution is 7.91. The Balaban J connectivity index is 2.12. The Kier molecular flexibility index (Phi) is 5.32. The molecule has 0 atom stereocenters. The van der Waals surface area contributed by atoms with Crippen LogP contribution in [0.2, 0.25) is 0 Å². The first-order chi connectivity index (χ1) is 11.2. The average Bonchev–Trinajstić information content (AvgIpc) is 3.04.